The Bertz CT molecular complexity index is 772. The van der Waals surface area contributed by atoms with E-state index in [4.69, 9.17) is 9.47 Å². The summed E-state index contributed by atoms with van der Waals surface area (Å²) in [6.45, 7) is 13.4. The Balaban J connectivity index is 2.09. The average molecular weight is 451 g/mol. The number of hydrogen-bond acceptors (Lipinski definition) is 6. The third kappa shape index (κ3) is 3.55. The second-order valence-corrected chi connectivity index (χ2v) is 9.67. The maximum absolute atomic E-state index is 14.1. The molecule has 2 bridgehead atoms. The van der Waals surface area contributed by atoms with Crippen LogP contribution in [0.5, 0.6) is 0 Å². The van der Waals surface area contributed by atoms with Gasteiger partial charge in [-0.3, -0.25) is 14.4 Å². The largest absolute Gasteiger partial charge is 0.466 e. The highest BCUT2D eigenvalue weighted by molar-refractivity contribution is 5.98. The molecule has 3 saturated heterocycles. The molecule has 0 aromatic rings. The molecule has 32 heavy (non-hydrogen) atoms. The smallest absolute Gasteiger partial charge is 0.312 e. The number of nitrogens with zero attached hydrogens (tertiary/aromatic N) is 2. The van der Waals surface area contributed by atoms with Crippen molar-refractivity contribution in [1.29, 1.82) is 0 Å². The van der Waals surface area contributed by atoms with Crippen molar-refractivity contribution < 1.29 is 29.0 Å². The molecule has 7 atom stereocenters. The van der Waals surface area contributed by atoms with Gasteiger partial charge in [0.25, 0.3) is 0 Å². The van der Waals surface area contributed by atoms with Gasteiger partial charge >= 0.3 is 5.97 Å². The van der Waals surface area contributed by atoms with E-state index >= 15 is 0 Å². The van der Waals surface area contributed by atoms with Gasteiger partial charge < -0.3 is 24.4 Å². The van der Waals surface area contributed by atoms with E-state index in [1.165, 1.54) is 4.90 Å². The summed E-state index contributed by atoms with van der Waals surface area (Å²) in [5.74, 6) is -2.54. The molecular formula is C24H38N2O6. The molecule has 2 amide bonds. The van der Waals surface area contributed by atoms with E-state index in [0.29, 0.717) is 19.4 Å². The molecule has 0 saturated carbocycles. The first-order valence-electron chi connectivity index (χ1n) is 11.8. The predicted molar refractivity (Wildman–Crippen MR) is 119 cm³/mol. The van der Waals surface area contributed by atoms with Crippen molar-refractivity contribution in [2.75, 3.05) is 19.8 Å². The molecule has 3 rings (SSSR count). The molecule has 3 unspecified atom stereocenters. The SMILES string of the molecule is C=CCN(C(=O)C1N([C@H](C)CO)C(=O)[C@@H]2[C@H](C(=O)OCC)[C@]3(C)CCC12O3)C(C)CCC. The molecule has 3 aliphatic rings. The lowest BCUT2D eigenvalue weighted by Gasteiger charge is -2.40. The molecule has 0 radical (unpaired) electrons. The van der Waals surface area contributed by atoms with Gasteiger partial charge in [-0.25, -0.2) is 0 Å². The molecule has 0 aromatic carbocycles. The Labute approximate surface area is 190 Å². The van der Waals surface area contributed by atoms with Crippen LogP contribution in [0.1, 0.15) is 60.3 Å². The lowest BCUT2D eigenvalue weighted by Crippen LogP contribution is -2.59. The predicted octanol–water partition coefficient (Wildman–Crippen LogP) is 1.90. The number of rotatable bonds is 10. The zero-order chi connectivity index (χ0) is 23.8. The van der Waals surface area contributed by atoms with Gasteiger partial charge in [0.2, 0.25) is 11.8 Å². The lowest BCUT2D eigenvalue weighted by molar-refractivity contribution is -0.161. The Hall–Kier alpha value is -1.93. The van der Waals surface area contributed by atoms with E-state index in [0.717, 1.165) is 12.8 Å². The minimum absolute atomic E-state index is 0.0441. The summed E-state index contributed by atoms with van der Waals surface area (Å²) in [6, 6.07) is -1.53. The van der Waals surface area contributed by atoms with Crippen LogP contribution >= 0.6 is 0 Å². The molecule has 0 aromatic heterocycles. The van der Waals surface area contributed by atoms with Crippen molar-refractivity contribution >= 4 is 17.8 Å². The van der Waals surface area contributed by atoms with Crippen molar-refractivity contribution in [3.8, 4) is 0 Å². The summed E-state index contributed by atoms with van der Waals surface area (Å²) in [5.41, 5.74) is -1.95. The van der Waals surface area contributed by atoms with E-state index < -0.39 is 41.1 Å². The molecule has 3 heterocycles. The molecule has 8 nitrogen and oxygen atoms in total. The van der Waals surface area contributed by atoms with E-state index in [1.807, 2.05) is 13.8 Å². The van der Waals surface area contributed by atoms with Gasteiger partial charge in [-0.2, -0.15) is 0 Å². The van der Waals surface area contributed by atoms with Gasteiger partial charge in [-0.1, -0.05) is 19.4 Å². The topological polar surface area (TPSA) is 96.4 Å². The summed E-state index contributed by atoms with van der Waals surface area (Å²) >= 11 is 0. The number of hydrogen-bond donors (Lipinski definition) is 1. The second kappa shape index (κ2) is 9.14. The Morgan fingerprint density at radius 3 is 2.62 bits per heavy atom. The highest BCUT2D eigenvalue weighted by Crippen LogP contribution is 2.63. The summed E-state index contributed by atoms with van der Waals surface area (Å²) in [6.07, 6.45) is 4.49. The third-order valence-corrected chi connectivity index (χ3v) is 7.58. The molecule has 180 valence electrons. The number of amides is 2. The third-order valence-electron chi connectivity index (χ3n) is 7.58. The lowest BCUT2D eigenvalue weighted by atomic mass is 9.66. The van der Waals surface area contributed by atoms with Crippen LogP contribution in [0.3, 0.4) is 0 Å². The highest BCUT2D eigenvalue weighted by Gasteiger charge is 2.78. The van der Waals surface area contributed by atoms with Crippen LogP contribution in [0.4, 0.5) is 0 Å². The van der Waals surface area contributed by atoms with E-state index in [-0.39, 0.29) is 31.1 Å². The molecule has 8 heteroatoms. The van der Waals surface area contributed by atoms with E-state index in [1.54, 1.807) is 24.8 Å². The summed E-state index contributed by atoms with van der Waals surface area (Å²) in [4.78, 5) is 44.0. The van der Waals surface area contributed by atoms with Gasteiger partial charge in [0.1, 0.15) is 17.6 Å². The van der Waals surface area contributed by atoms with Crippen molar-refractivity contribution in [2.24, 2.45) is 11.8 Å². The fourth-order valence-electron chi connectivity index (χ4n) is 6.15. The fraction of sp³-hybridized carbons (Fsp3) is 0.792. The number of fused-ring (bicyclic) bond motifs is 1. The highest BCUT2D eigenvalue weighted by atomic mass is 16.6. The molecule has 3 aliphatic heterocycles. The van der Waals surface area contributed by atoms with Crippen LogP contribution in [-0.2, 0) is 23.9 Å². The first-order chi connectivity index (χ1) is 15.1. The van der Waals surface area contributed by atoms with Crippen molar-refractivity contribution in [3.05, 3.63) is 12.7 Å². The Kier molecular flexibility index (Phi) is 7.05. The Morgan fingerprint density at radius 2 is 2.06 bits per heavy atom. The van der Waals surface area contributed by atoms with Gasteiger partial charge in [0, 0.05) is 12.6 Å². The number of aliphatic hydroxyl groups excluding tert-OH is 1. The number of likely N-dealkylation sites (tertiary alicyclic amines) is 1. The maximum atomic E-state index is 14.1. The minimum atomic E-state index is -1.10. The first kappa shape index (κ1) is 24.7. The van der Waals surface area contributed by atoms with Gasteiger partial charge in [-0.05, 0) is 47.0 Å². The number of esters is 1. The molecule has 0 aliphatic carbocycles. The minimum Gasteiger partial charge on any atom is -0.466 e. The van der Waals surface area contributed by atoms with Crippen LogP contribution in [0.25, 0.3) is 0 Å². The quantitative estimate of drug-likeness (QED) is 0.403. The zero-order valence-corrected chi connectivity index (χ0v) is 20.0. The maximum Gasteiger partial charge on any atom is 0.312 e. The van der Waals surface area contributed by atoms with Gasteiger partial charge in [0.05, 0.1) is 30.8 Å². The van der Waals surface area contributed by atoms with Crippen molar-refractivity contribution in [3.63, 3.8) is 0 Å². The number of aliphatic hydroxyl groups is 1. The summed E-state index contributed by atoms with van der Waals surface area (Å²) in [5, 5.41) is 9.92. The average Bonchev–Trinajstić information content (AvgIpc) is 3.32. The monoisotopic (exact) mass is 450 g/mol. The first-order valence-corrected chi connectivity index (χ1v) is 11.8. The van der Waals surface area contributed by atoms with Gasteiger partial charge in [0.15, 0.2) is 0 Å². The Morgan fingerprint density at radius 1 is 1.38 bits per heavy atom. The van der Waals surface area contributed by atoms with Crippen LogP contribution in [0.2, 0.25) is 0 Å². The normalized spacial score (nSPS) is 34.9. The van der Waals surface area contributed by atoms with Gasteiger partial charge in [-0.15, -0.1) is 6.58 Å². The summed E-state index contributed by atoms with van der Waals surface area (Å²) in [7, 11) is 0. The molecule has 3 fully saturated rings. The van der Waals surface area contributed by atoms with E-state index in [2.05, 4.69) is 13.5 Å². The molecular weight excluding hydrogens is 412 g/mol. The van der Waals surface area contributed by atoms with Crippen LogP contribution in [0, 0.1) is 11.8 Å². The second-order valence-electron chi connectivity index (χ2n) is 9.67. The summed E-state index contributed by atoms with van der Waals surface area (Å²) < 4.78 is 11.9. The van der Waals surface area contributed by atoms with E-state index in [9.17, 15) is 19.5 Å². The van der Waals surface area contributed by atoms with Crippen molar-refractivity contribution in [2.45, 2.75) is 89.6 Å². The number of carbonyl (C=O) groups is 3. The molecule has 1 N–H and O–H groups in total. The van der Waals surface area contributed by atoms with Crippen LogP contribution in [-0.4, -0.2) is 81.8 Å². The number of carbonyl (C=O) groups excluding carboxylic acids is 3. The van der Waals surface area contributed by atoms with Crippen LogP contribution < -0.4 is 0 Å². The van der Waals surface area contributed by atoms with Crippen LogP contribution in [0.15, 0.2) is 12.7 Å². The standard InChI is InChI=1S/C24H38N2O6/c1-7-10-15(4)25(13-8-2)21(29)19-24-12-11-23(6,32-24)18(22(30)31-9-3)17(24)20(28)26(19)16(5)14-27/h8,15-19,27H,2,7,9-14H2,1,3-6H3/t15?,16-,17+,18-,19?,23+,24?/m1/s1. The fourth-order valence-corrected chi connectivity index (χ4v) is 6.15. The molecule has 1 spiro atoms. The zero-order valence-electron chi connectivity index (χ0n) is 20.0. The number of ether oxygens (including phenoxy) is 2. The van der Waals surface area contributed by atoms with Crippen molar-refractivity contribution in [1.82, 2.24) is 9.80 Å².